The molecule has 0 bridgehead atoms. The van der Waals surface area contributed by atoms with Crippen molar-refractivity contribution in [2.75, 3.05) is 11.5 Å². The second-order valence-corrected chi connectivity index (χ2v) is 7.56. The van der Waals surface area contributed by atoms with Gasteiger partial charge in [0.1, 0.15) is 0 Å². The van der Waals surface area contributed by atoms with E-state index in [9.17, 15) is 9.90 Å². The molecule has 0 radical (unpaired) electrons. The molecule has 0 saturated carbocycles. The van der Waals surface area contributed by atoms with E-state index in [1.54, 1.807) is 0 Å². The normalized spacial score (nSPS) is 10.5. The van der Waals surface area contributed by atoms with E-state index in [2.05, 4.69) is 18.7 Å². The van der Waals surface area contributed by atoms with E-state index in [1.807, 2.05) is 0 Å². The van der Waals surface area contributed by atoms with Gasteiger partial charge in [0.15, 0.2) is 0 Å². The third-order valence-electron chi connectivity index (χ3n) is 4.06. The molecule has 0 saturated heterocycles. The largest absolute Gasteiger partial charge is 1.00 e. The van der Waals surface area contributed by atoms with Gasteiger partial charge in [-0.1, -0.05) is 77.6 Å². The first-order valence-corrected chi connectivity index (χ1v) is 10.7. The fraction of sp³-hybridized carbons (Fsp3) is 0.947. The van der Waals surface area contributed by atoms with Crippen LogP contribution in [0.4, 0.5) is 0 Å². The molecule has 0 aliphatic rings. The van der Waals surface area contributed by atoms with Crippen LogP contribution in [-0.4, -0.2) is 17.5 Å². The number of rotatable bonds is 18. The van der Waals surface area contributed by atoms with Gasteiger partial charge in [0.2, 0.25) is 0 Å². The summed E-state index contributed by atoms with van der Waals surface area (Å²) in [6, 6.07) is 0. The quantitative estimate of drug-likeness (QED) is 0.281. The molecule has 0 aliphatic carbocycles. The summed E-state index contributed by atoms with van der Waals surface area (Å²) in [6.07, 6.45) is 18.3. The minimum atomic E-state index is -0.904. The Kier molecular flexibility index (Phi) is 25.8. The Balaban J connectivity index is 0. The van der Waals surface area contributed by atoms with Gasteiger partial charge in [0, 0.05) is 5.97 Å². The van der Waals surface area contributed by atoms with Crippen LogP contribution in [0.1, 0.15) is 103 Å². The molecule has 0 heterocycles. The zero-order chi connectivity index (χ0) is 16.3. The smallest absolute Gasteiger partial charge is 0.550 e. The molecule has 2 nitrogen and oxygen atoms in total. The van der Waals surface area contributed by atoms with Crippen molar-refractivity contribution in [1.29, 1.82) is 0 Å². The number of carbonyl (C=O) groups is 1. The summed E-state index contributed by atoms with van der Waals surface area (Å²) in [4.78, 5) is 10.2. The summed E-state index contributed by atoms with van der Waals surface area (Å²) in [5.74, 6) is 1.78. The van der Waals surface area contributed by atoms with Crippen molar-refractivity contribution in [3.63, 3.8) is 0 Å². The summed E-state index contributed by atoms with van der Waals surface area (Å²) in [7, 11) is 0. The second-order valence-electron chi connectivity index (χ2n) is 6.33. The number of unbranched alkanes of at least 4 members (excludes halogenated alkanes) is 12. The van der Waals surface area contributed by atoms with Gasteiger partial charge in [-0.05, 0) is 37.2 Å². The van der Waals surface area contributed by atoms with E-state index in [-0.39, 0.29) is 36.0 Å². The van der Waals surface area contributed by atoms with Gasteiger partial charge in [0.05, 0.1) is 0 Å². The molecule has 0 aromatic rings. The van der Waals surface area contributed by atoms with Gasteiger partial charge in [-0.15, -0.1) is 0 Å². The molecule has 0 rings (SSSR count). The van der Waals surface area contributed by atoms with Crippen LogP contribution < -0.4 is 34.7 Å². The van der Waals surface area contributed by atoms with Crippen molar-refractivity contribution in [2.24, 2.45) is 0 Å². The number of hydrogen-bond acceptors (Lipinski definition) is 3. The summed E-state index contributed by atoms with van der Waals surface area (Å²) >= 11 is 2.13. The van der Waals surface area contributed by atoms with Crippen LogP contribution in [0.15, 0.2) is 0 Å². The standard InChI is InChI=1S/C19H38O2S.Na/c1-2-3-4-5-11-14-17-22-18-15-12-9-7-6-8-10-13-16-19(20)21;/h2-18H2,1H3,(H,20,21);/q;+1/p-1. The van der Waals surface area contributed by atoms with E-state index in [4.69, 9.17) is 0 Å². The third kappa shape index (κ3) is 25.2. The molecule has 0 amide bonds. The van der Waals surface area contributed by atoms with Gasteiger partial charge >= 0.3 is 29.6 Å². The monoisotopic (exact) mass is 352 g/mol. The average molecular weight is 353 g/mol. The van der Waals surface area contributed by atoms with Crippen LogP contribution in [0.3, 0.4) is 0 Å². The van der Waals surface area contributed by atoms with E-state index in [1.165, 1.54) is 88.6 Å². The average Bonchev–Trinajstić information content (AvgIpc) is 2.50. The predicted molar refractivity (Wildman–Crippen MR) is 97.3 cm³/mol. The van der Waals surface area contributed by atoms with Crippen molar-refractivity contribution in [1.82, 2.24) is 0 Å². The van der Waals surface area contributed by atoms with Crippen LogP contribution in [0.5, 0.6) is 0 Å². The number of carboxylic acids is 1. The third-order valence-corrected chi connectivity index (χ3v) is 5.22. The topological polar surface area (TPSA) is 40.1 Å². The molecule has 0 N–H and O–H groups in total. The maximum Gasteiger partial charge on any atom is 1.00 e. The van der Waals surface area contributed by atoms with Gasteiger partial charge in [-0.25, -0.2) is 0 Å². The van der Waals surface area contributed by atoms with Crippen molar-refractivity contribution in [3.05, 3.63) is 0 Å². The number of thioether (sulfide) groups is 1. The Labute approximate surface area is 171 Å². The minimum absolute atomic E-state index is 0. The number of carboxylic acid groups (broad SMARTS) is 1. The van der Waals surface area contributed by atoms with Gasteiger partial charge < -0.3 is 9.90 Å². The van der Waals surface area contributed by atoms with Crippen molar-refractivity contribution >= 4 is 17.7 Å². The molecule has 0 atom stereocenters. The summed E-state index contributed by atoms with van der Waals surface area (Å²) in [5, 5.41) is 10.2. The maximum atomic E-state index is 10.2. The zero-order valence-corrected chi connectivity index (χ0v) is 18.6. The molecule has 23 heavy (non-hydrogen) atoms. The Morgan fingerprint density at radius 3 is 1.52 bits per heavy atom. The molecule has 0 aliphatic heterocycles. The first-order chi connectivity index (χ1) is 10.8. The minimum Gasteiger partial charge on any atom is -0.550 e. The summed E-state index contributed by atoms with van der Waals surface area (Å²) < 4.78 is 0. The maximum absolute atomic E-state index is 10.2. The molecular formula is C19H37NaO2S. The Morgan fingerprint density at radius 1 is 0.696 bits per heavy atom. The number of carbonyl (C=O) groups excluding carboxylic acids is 1. The molecule has 0 spiro atoms. The van der Waals surface area contributed by atoms with Crippen LogP contribution in [-0.2, 0) is 4.79 Å². The van der Waals surface area contributed by atoms with Crippen molar-refractivity contribution in [3.8, 4) is 0 Å². The Hall–Kier alpha value is 0.820. The van der Waals surface area contributed by atoms with Crippen LogP contribution in [0.2, 0.25) is 0 Å². The van der Waals surface area contributed by atoms with Gasteiger partial charge in [0.25, 0.3) is 0 Å². The van der Waals surface area contributed by atoms with E-state index >= 15 is 0 Å². The summed E-state index contributed by atoms with van der Waals surface area (Å²) in [5.41, 5.74) is 0. The molecule has 132 valence electrons. The van der Waals surface area contributed by atoms with Crippen molar-refractivity contribution in [2.45, 2.75) is 103 Å². The van der Waals surface area contributed by atoms with Crippen LogP contribution in [0.25, 0.3) is 0 Å². The fourth-order valence-corrected chi connectivity index (χ4v) is 3.64. The zero-order valence-electron chi connectivity index (χ0n) is 15.7. The van der Waals surface area contributed by atoms with E-state index in [0.29, 0.717) is 0 Å². The summed E-state index contributed by atoms with van der Waals surface area (Å²) in [6.45, 7) is 2.27. The van der Waals surface area contributed by atoms with E-state index in [0.717, 1.165) is 12.8 Å². The number of aliphatic carboxylic acids is 1. The predicted octanol–water partition coefficient (Wildman–Crippen LogP) is 2.34. The molecule has 0 aromatic carbocycles. The van der Waals surface area contributed by atoms with E-state index < -0.39 is 5.97 Å². The second kappa shape index (κ2) is 22.8. The molecule has 0 fully saturated rings. The fourth-order valence-electron chi connectivity index (χ4n) is 2.62. The first-order valence-electron chi connectivity index (χ1n) is 9.55. The van der Waals surface area contributed by atoms with Crippen molar-refractivity contribution < 1.29 is 39.5 Å². The Morgan fingerprint density at radius 2 is 1.09 bits per heavy atom. The van der Waals surface area contributed by atoms with Crippen LogP contribution >= 0.6 is 11.8 Å². The Bertz CT molecular complexity index is 237. The van der Waals surface area contributed by atoms with Gasteiger partial charge in [-0.3, -0.25) is 0 Å². The molecule has 4 heteroatoms. The first kappa shape index (κ1) is 26.1. The molecule has 0 aromatic heterocycles. The van der Waals surface area contributed by atoms with Gasteiger partial charge in [-0.2, -0.15) is 11.8 Å². The van der Waals surface area contributed by atoms with Crippen LogP contribution in [0, 0.1) is 0 Å². The molecule has 0 unspecified atom stereocenters. The SMILES string of the molecule is CCCCCCCCSCCCCCCCCCCC(=O)[O-].[Na+]. The molecular weight excluding hydrogens is 315 g/mol. The number of hydrogen-bond donors (Lipinski definition) is 0.